The lowest BCUT2D eigenvalue weighted by atomic mass is 10.1. The van der Waals surface area contributed by atoms with Crippen molar-refractivity contribution in [2.75, 3.05) is 19.8 Å². The molecule has 3 N–H and O–H groups in total. The highest BCUT2D eigenvalue weighted by Crippen LogP contribution is 2.25. The van der Waals surface area contributed by atoms with E-state index in [9.17, 15) is 5.11 Å². The van der Waals surface area contributed by atoms with Gasteiger partial charge in [-0.1, -0.05) is 6.07 Å². The number of aliphatic hydroxyl groups is 2. The van der Waals surface area contributed by atoms with Crippen LogP contribution in [0, 0.1) is 6.92 Å². The standard InChI is InChI=1S/C14H22BrNO3/c1-10-4-5-13(12(15)6-10)19-8-11(18)7-16-14(2,3)9-17/h4-6,11,16-18H,7-9H2,1-3H3. The lowest BCUT2D eigenvalue weighted by molar-refractivity contribution is 0.0903. The Balaban J connectivity index is 2.40. The van der Waals surface area contributed by atoms with Gasteiger partial charge in [0.25, 0.3) is 0 Å². The SMILES string of the molecule is Cc1ccc(OCC(O)CNC(C)(C)CO)c(Br)c1. The predicted molar refractivity (Wildman–Crippen MR) is 79.5 cm³/mol. The second-order valence-electron chi connectivity index (χ2n) is 5.32. The normalized spacial score (nSPS) is 13.4. The van der Waals surface area contributed by atoms with E-state index in [2.05, 4.69) is 21.2 Å². The van der Waals surface area contributed by atoms with E-state index in [1.807, 2.05) is 39.0 Å². The molecule has 0 fully saturated rings. The molecule has 1 unspecified atom stereocenters. The Morgan fingerprint density at radius 2 is 2.11 bits per heavy atom. The molecule has 1 rings (SSSR count). The van der Waals surface area contributed by atoms with Crippen molar-refractivity contribution in [2.24, 2.45) is 0 Å². The maximum absolute atomic E-state index is 9.83. The van der Waals surface area contributed by atoms with Gasteiger partial charge in [0.05, 0.1) is 11.1 Å². The van der Waals surface area contributed by atoms with Crippen molar-refractivity contribution in [3.8, 4) is 5.75 Å². The minimum Gasteiger partial charge on any atom is -0.490 e. The smallest absolute Gasteiger partial charge is 0.133 e. The average Bonchev–Trinajstić information content (AvgIpc) is 2.35. The molecule has 0 aromatic heterocycles. The molecule has 0 radical (unpaired) electrons. The summed E-state index contributed by atoms with van der Waals surface area (Å²) in [5.74, 6) is 0.714. The van der Waals surface area contributed by atoms with Crippen LogP contribution in [-0.2, 0) is 0 Å². The fraction of sp³-hybridized carbons (Fsp3) is 0.571. The van der Waals surface area contributed by atoms with Gasteiger partial charge in [0.1, 0.15) is 18.5 Å². The first-order valence-electron chi connectivity index (χ1n) is 6.27. The van der Waals surface area contributed by atoms with Gasteiger partial charge in [-0.25, -0.2) is 0 Å². The van der Waals surface area contributed by atoms with Gasteiger partial charge >= 0.3 is 0 Å². The highest BCUT2D eigenvalue weighted by Gasteiger charge is 2.17. The number of hydrogen-bond donors (Lipinski definition) is 3. The topological polar surface area (TPSA) is 61.7 Å². The lowest BCUT2D eigenvalue weighted by Gasteiger charge is -2.25. The molecule has 19 heavy (non-hydrogen) atoms. The first-order valence-corrected chi connectivity index (χ1v) is 7.06. The predicted octanol–water partition coefficient (Wildman–Crippen LogP) is 1.86. The van der Waals surface area contributed by atoms with E-state index in [0.29, 0.717) is 12.3 Å². The highest BCUT2D eigenvalue weighted by atomic mass is 79.9. The molecule has 0 amide bonds. The monoisotopic (exact) mass is 331 g/mol. The summed E-state index contributed by atoms with van der Waals surface area (Å²) in [6.45, 7) is 6.34. The van der Waals surface area contributed by atoms with Crippen molar-refractivity contribution in [2.45, 2.75) is 32.4 Å². The number of halogens is 1. The maximum Gasteiger partial charge on any atom is 0.133 e. The minimum atomic E-state index is -0.626. The van der Waals surface area contributed by atoms with Crippen molar-refractivity contribution in [1.29, 1.82) is 0 Å². The number of hydrogen-bond acceptors (Lipinski definition) is 4. The molecule has 0 heterocycles. The third kappa shape index (κ3) is 5.91. The number of β-amino-alcohol motifs (C(OH)–C–C–N with tert-alkyl or cyclic N) is 1. The number of aliphatic hydroxyl groups excluding tert-OH is 2. The van der Waals surface area contributed by atoms with Gasteiger partial charge in [-0.15, -0.1) is 0 Å². The van der Waals surface area contributed by atoms with Gasteiger partial charge in [-0.3, -0.25) is 0 Å². The molecule has 1 aromatic rings. The van der Waals surface area contributed by atoms with Gasteiger partial charge in [0.2, 0.25) is 0 Å². The van der Waals surface area contributed by atoms with Crippen LogP contribution >= 0.6 is 15.9 Å². The van der Waals surface area contributed by atoms with Crippen LogP contribution in [0.25, 0.3) is 0 Å². The molecule has 4 nitrogen and oxygen atoms in total. The first-order chi connectivity index (χ1) is 8.84. The van der Waals surface area contributed by atoms with Crippen molar-refractivity contribution < 1.29 is 14.9 Å². The van der Waals surface area contributed by atoms with E-state index in [1.54, 1.807) is 0 Å². The molecule has 108 valence electrons. The van der Waals surface area contributed by atoms with Crippen LogP contribution in [0.3, 0.4) is 0 Å². The molecule has 0 aliphatic rings. The van der Waals surface area contributed by atoms with E-state index in [-0.39, 0.29) is 13.2 Å². The summed E-state index contributed by atoms with van der Waals surface area (Å²) in [5.41, 5.74) is 0.747. The molecule has 0 bridgehead atoms. The number of ether oxygens (including phenoxy) is 1. The quantitative estimate of drug-likeness (QED) is 0.713. The summed E-state index contributed by atoms with van der Waals surface area (Å²) in [4.78, 5) is 0. The van der Waals surface area contributed by atoms with Gasteiger partial charge in [-0.2, -0.15) is 0 Å². The second-order valence-corrected chi connectivity index (χ2v) is 6.18. The van der Waals surface area contributed by atoms with E-state index in [1.165, 1.54) is 0 Å². The van der Waals surface area contributed by atoms with Gasteiger partial charge in [-0.05, 0) is 54.4 Å². The summed E-state index contributed by atoms with van der Waals surface area (Å²) in [6.07, 6.45) is -0.626. The van der Waals surface area contributed by atoms with E-state index >= 15 is 0 Å². The Kier molecular flexibility index (Phi) is 6.26. The van der Waals surface area contributed by atoms with Crippen LogP contribution in [0.4, 0.5) is 0 Å². The molecule has 0 saturated heterocycles. The molecule has 5 heteroatoms. The van der Waals surface area contributed by atoms with E-state index in [0.717, 1.165) is 10.0 Å². The minimum absolute atomic E-state index is 0.0179. The Morgan fingerprint density at radius 3 is 2.68 bits per heavy atom. The maximum atomic E-state index is 9.83. The summed E-state index contributed by atoms with van der Waals surface area (Å²) in [5, 5.41) is 22.0. The molecule has 0 aliphatic carbocycles. The van der Waals surface area contributed by atoms with Gasteiger partial charge < -0.3 is 20.3 Å². The fourth-order valence-electron chi connectivity index (χ4n) is 1.42. The molecule has 0 spiro atoms. The summed E-state index contributed by atoms with van der Waals surface area (Å²) in [7, 11) is 0. The highest BCUT2D eigenvalue weighted by molar-refractivity contribution is 9.10. The van der Waals surface area contributed by atoms with Crippen molar-refractivity contribution in [3.63, 3.8) is 0 Å². The number of benzene rings is 1. The molecule has 1 atom stereocenters. The molecule has 1 aromatic carbocycles. The molecular weight excluding hydrogens is 310 g/mol. The Morgan fingerprint density at radius 1 is 1.42 bits per heavy atom. The average molecular weight is 332 g/mol. The van der Waals surface area contributed by atoms with Gasteiger partial charge in [0.15, 0.2) is 0 Å². The summed E-state index contributed by atoms with van der Waals surface area (Å²) in [6, 6.07) is 5.80. The molecule has 0 aliphatic heterocycles. The zero-order valence-corrected chi connectivity index (χ0v) is 13.2. The molecule has 0 saturated carbocycles. The number of nitrogens with one attached hydrogen (secondary N) is 1. The van der Waals surface area contributed by atoms with Crippen LogP contribution in [-0.4, -0.2) is 41.6 Å². The van der Waals surface area contributed by atoms with Gasteiger partial charge in [0, 0.05) is 12.1 Å². The largest absolute Gasteiger partial charge is 0.490 e. The first kappa shape index (κ1) is 16.4. The zero-order chi connectivity index (χ0) is 14.5. The van der Waals surface area contributed by atoms with E-state index in [4.69, 9.17) is 9.84 Å². The second kappa shape index (κ2) is 7.24. The summed E-state index contributed by atoms with van der Waals surface area (Å²) < 4.78 is 6.43. The van der Waals surface area contributed by atoms with Crippen LogP contribution in [0.15, 0.2) is 22.7 Å². The van der Waals surface area contributed by atoms with E-state index < -0.39 is 11.6 Å². The fourth-order valence-corrected chi connectivity index (χ4v) is 2.03. The molecular formula is C14H22BrNO3. The third-order valence-corrected chi connectivity index (χ3v) is 3.35. The van der Waals surface area contributed by atoms with Crippen LogP contribution in [0.1, 0.15) is 19.4 Å². The Bertz CT molecular complexity index is 410. The third-order valence-electron chi connectivity index (χ3n) is 2.73. The van der Waals surface area contributed by atoms with Crippen molar-refractivity contribution >= 4 is 15.9 Å². The van der Waals surface area contributed by atoms with Crippen molar-refractivity contribution in [1.82, 2.24) is 5.32 Å². The Hall–Kier alpha value is -0.620. The zero-order valence-electron chi connectivity index (χ0n) is 11.6. The Labute approximate surface area is 122 Å². The van der Waals surface area contributed by atoms with Crippen molar-refractivity contribution in [3.05, 3.63) is 28.2 Å². The summed E-state index contributed by atoms with van der Waals surface area (Å²) >= 11 is 3.42. The van der Waals surface area contributed by atoms with Crippen LogP contribution in [0.2, 0.25) is 0 Å². The number of rotatable bonds is 7. The lowest BCUT2D eigenvalue weighted by Crippen LogP contribution is -2.47. The van der Waals surface area contributed by atoms with Crippen LogP contribution in [0.5, 0.6) is 5.75 Å². The number of aryl methyl sites for hydroxylation is 1. The van der Waals surface area contributed by atoms with Crippen LogP contribution < -0.4 is 10.1 Å².